The van der Waals surface area contributed by atoms with Crippen LogP contribution in [-0.2, 0) is 4.79 Å². The molecule has 0 spiro atoms. The minimum atomic E-state index is -0.482. The summed E-state index contributed by atoms with van der Waals surface area (Å²) in [5.41, 5.74) is 3.35. The Hall–Kier alpha value is -3.75. The zero-order valence-corrected chi connectivity index (χ0v) is 17.4. The highest BCUT2D eigenvalue weighted by molar-refractivity contribution is 5.96. The Labute approximate surface area is 175 Å². The van der Waals surface area contributed by atoms with Crippen molar-refractivity contribution in [1.29, 1.82) is 0 Å². The van der Waals surface area contributed by atoms with Crippen LogP contribution in [0.1, 0.15) is 22.8 Å². The van der Waals surface area contributed by atoms with Gasteiger partial charge in [-0.05, 0) is 43.3 Å². The zero-order valence-electron chi connectivity index (χ0n) is 17.4. The number of nitrogens with one attached hydrogen (secondary N) is 2. The number of hydrogen-bond donors (Lipinski definition) is 2. The maximum atomic E-state index is 12.1. The number of carbonyl (C=O) groups excluding carboxylic acids is 2. The molecule has 2 aromatic rings. The third kappa shape index (κ3) is 5.87. The van der Waals surface area contributed by atoms with Crippen molar-refractivity contribution in [2.75, 3.05) is 34.5 Å². The largest absolute Gasteiger partial charge is 0.494 e. The van der Waals surface area contributed by atoms with Crippen molar-refractivity contribution < 1.29 is 28.5 Å². The summed E-state index contributed by atoms with van der Waals surface area (Å²) in [6.07, 6.45) is 1.41. The van der Waals surface area contributed by atoms with Gasteiger partial charge in [-0.1, -0.05) is 0 Å². The number of ether oxygens (including phenoxy) is 4. The number of methoxy groups -OCH3 is 3. The molecule has 0 aliphatic rings. The first-order valence-corrected chi connectivity index (χ1v) is 9.15. The molecule has 30 heavy (non-hydrogen) atoms. The lowest BCUT2D eigenvalue weighted by molar-refractivity contribution is -0.120. The predicted molar refractivity (Wildman–Crippen MR) is 112 cm³/mol. The second-order valence-electron chi connectivity index (χ2n) is 5.86. The van der Waals surface area contributed by atoms with Crippen LogP contribution in [0.4, 0.5) is 0 Å². The maximum Gasteiger partial charge on any atom is 0.259 e. The van der Waals surface area contributed by atoms with Crippen molar-refractivity contribution in [3.8, 4) is 23.0 Å². The lowest BCUT2D eigenvalue weighted by atomic mass is 10.2. The topological polar surface area (TPSA) is 107 Å². The molecule has 0 saturated carbocycles. The average Bonchev–Trinajstić information content (AvgIpc) is 2.77. The van der Waals surface area contributed by atoms with Crippen molar-refractivity contribution in [3.63, 3.8) is 0 Å². The first-order valence-electron chi connectivity index (χ1n) is 9.15. The van der Waals surface area contributed by atoms with E-state index in [1.54, 1.807) is 36.4 Å². The molecule has 0 bridgehead atoms. The van der Waals surface area contributed by atoms with Crippen LogP contribution in [0.2, 0.25) is 0 Å². The molecule has 0 aliphatic heterocycles. The molecule has 0 atom stereocenters. The van der Waals surface area contributed by atoms with E-state index in [0.29, 0.717) is 40.7 Å². The highest BCUT2D eigenvalue weighted by Crippen LogP contribution is 2.38. The van der Waals surface area contributed by atoms with Gasteiger partial charge < -0.3 is 24.3 Å². The fourth-order valence-electron chi connectivity index (χ4n) is 2.57. The van der Waals surface area contributed by atoms with Gasteiger partial charge in [-0.2, -0.15) is 5.10 Å². The van der Waals surface area contributed by atoms with Crippen molar-refractivity contribution >= 4 is 18.0 Å². The quantitative estimate of drug-likeness (QED) is 0.454. The third-order valence-corrected chi connectivity index (χ3v) is 3.96. The van der Waals surface area contributed by atoms with Gasteiger partial charge in [0.1, 0.15) is 5.75 Å². The van der Waals surface area contributed by atoms with E-state index in [1.165, 1.54) is 27.5 Å². The van der Waals surface area contributed by atoms with E-state index in [2.05, 4.69) is 15.8 Å². The van der Waals surface area contributed by atoms with E-state index < -0.39 is 5.91 Å². The van der Waals surface area contributed by atoms with Crippen LogP contribution in [0.25, 0.3) is 0 Å². The fraction of sp³-hybridized carbons (Fsp3) is 0.286. The van der Waals surface area contributed by atoms with E-state index in [1.807, 2.05) is 6.92 Å². The van der Waals surface area contributed by atoms with Gasteiger partial charge in [0.2, 0.25) is 5.75 Å². The van der Waals surface area contributed by atoms with Gasteiger partial charge >= 0.3 is 0 Å². The Morgan fingerprint density at radius 1 is 0.967 bits per heavy atom. The van der Waals surface area contributed by atoms with Crippen LogP contribution >= 0.6 is 0 Å². The molecule has 2 aromatic carbocycles. The van der Waals surface area contributed by atoms with Crippen molar-refractivity contribution in [2.24, 2.45) is 5.10 Å². The molecular weight excluding hydrogens is 390 g/mol. The molecule has 0 heterocycles. The number of hydrogen-bond acceptors (Lipinski definition) is 7. The standard InChI is InChI=1S/C21H25N3O6/c1-5-30-16-9-6-14(7-10-16)21(26)22-13-18(25)24-23-12-15-8-11-17(27-2)20(29-4)19(15)28-3/h6-12H,5,13H2,1-4H3,(H,22,26)(H,24,25)/b23-12-. The number of carbonyl (C=O) groups is 2. The number of hydrazone groups is 1. The molecule has 0 saturated heterocycles. The SMILES string of the molecule is CCOc1ccc(C(=O)NCC(=O)N/N=C\c2ccc(OC)c(OC)c2OC)cc1. The first kappa shape index (κ1) is 22.5. The summed E-state index contributed by atoms with van der Waals surface area (Å²) in [7, 11) is 4.51. The summed E-state index contributed by atoms with van der Waals surface area (Å²) in [5, 5.41) is 6.42. The second-order valence-corrected chi connectivity index (χ2v) is 5.86. The molecule has 0 radical (unpaired) electrons. The Kier molecular flexibility index (Phi) is 8.49. The number of amides is 2. The van der Waals surface area contributed by atoms with Gasteiger partial charge in [-0.25, -0.2) is 5.43 Å². The van der Waals surface area contributed by atoms with Gasteiger partial charge in [-0.3, -0.25) is 9.59 Å². The van der Waals surface area contributed by atoms with Crippen molar-refractivity contribution in [1.82, 2.24) is 10.7 Å². The molecule has 9 heteroatoms. The van der Waals surface area contributed by atoms with Crippen LogP contribution < -0.4 is 29.7 Å². The Morgan fingerprint density at radius 3 is 2.27 bits per heavy atom. The number of rotatable bonds is 10. The summed E-state index contributed by atoms with van der Waals surface area (Å²) in [6.45, 7) is 2.19. The molecule has 9 nitrogen and oxygen atoms in total. The highest BCUT2D eigenvalue weighted by atomic mass is 16.5. The Bertz CT molecular complexity index is 896. The Morgan fingerprint density at radius 2 is 1.67 bits per heavy atom. The molecule has 0 aromatic heterocycles. The minimum Gasteiger partial charge on any atom is -0.494 e. The summed E-state index contributed by atoms with van der Waals surface area (Å²) in [5.74, 6) is 1.15. The molecule has 2 N–H and O–H groups in total. The van der Waals surface area contributed by atoms with Gasteiger partial charge in [0.05, 0.1) is 40.7 Å². The van der Waals surface area contributed by atoms with E-state index in [-0.39, 0.29) is 12.5 Å². The smallest absolute Gasteiger partial charge is 0.259 e. The summed E-state index contributed by atoms with van der Waals surface area (Å²) in [4.78, 5) is 24.1. The van der Waals surface area contributed by atoms with Gasteiger partial charge in [-0.15, -0.1) is 0 Å². The van der Waals surface area contributed by atoms with E-state index in [0.717, 1.165) is 0 Å². The van der Waals surface area contributed by atoms with Gasteiger partial charge in [0.25, 0.3) is 11.8 Å². The maximum absolute atomic E-state index is 12.1. The monoisotopic (exact) mass is 415 g/mol. The minimum absolute atomic E-state index is 0.230. The number of benzene rings is 2. The van der Waals surface area contributed by atoms with Crippen molar-refractivity contribution in [2.45, 2.75) is 6.92 Å². The van der Waals surface area contributed by atoms with Crippen LogP contribution in [-0.4, -0.2) is 52.5 Å². The predicted octanol–water partition coefficient (Wildman–Crippen LogP) is 1.99. The number of nitrogens with zero attached hydrogens (tertiary/aromatic N) is 1. The zero-order chi connectivity index (χ0) is 21.9. The summed E-state index contributed by atoms with van der Waals surface area (Å²) in [6, 6.07) is 10.0. The van der Waals surface area contributed by atoms with Gasteiger partial charge in [0.15, 0.2) is 11.5 Å². The molecule has 0 unspecified atom stereocenters. The van der Waals surface area contributed by atoms with E-state index in [9.17, 15) is 9.59 Å². The van der Waals surface area contributed by atoms with Crippen LogP contribution in [0.15, 0.2) is 41.5 Å². The highest BCUT2D eigenvalue weighted by Gasteiger charge is 2.14. The Balaban J connectivity index is 1.91. The van der Waals surface area contributed by atoms with Crippen molar-refractivity contribution in [3.05, 3.63) is 47.5 Å². The molecule has 160 valence electrons. The molecule has 2 amide bonds. The summed E-state index contributed by atoms with van der Waals surface area (Å²) >= 11 is 0. The summed E-state index contributed by atoms with van der Waals surface area (Å²) < 4.78 is 21.2. The van der Waals surface area contributed by atoms with Crippen LogP contribution in [0.3, 0.4) is 0 Å². The molecule has 2 rings (SSSR count). The second kappa shape index (κ2) is 11.3. The van der Waals surface area contributed by atoms with Crippen LogP contribution in [0.5, 0.6) is 23.0 Å². The molecular formula is C21H25N3O6. The fourth-order valence-corrected chi connectivity index (χ4v) is 2.57. The van der Waals surface area contributed by atoms with Gasteiger partial charge in [0, 0.05) is 11.1 Å². The lowest BCUT2D eigenvalue weighted by Crippen LogP contribution is -2.34. The molecule has 0 aliphatic carbocycles. The lowest BCUT2D eigenvalue weighted by Gasteiger charge is -2.13. The van der Waals surface area contributed by atoms with E-state index >= 15 is 0 Å². The third-order valence-electron chi connectivity index (χ3n) is 3.96. The van der Waals surface area contributed by atoms with Crippen LogP contribution in [0, 0.1) is 0 Å². The normalized spacial score (nSPS) is 10.4. The average molecular weight is 415 g/mol. The van der Waals surface area contributed by atoms with E-state index in [4.69, 9.17) is 18.9 Å². The first-order chi connectivity index (χ1) is 14.5. The molecule has 0 fully saturated rings.